The Kier molecular flexibility index (Phi) is 5.39. The molecule has 19 rings (SSSR count). The Morgan fingerprint density at radius 3 is 1.60 bits per heavy atom. The molecule has 3 nitrogen and oxygen atoms in total. The summed E-state index contributed by atoms with van der Waals surface area (Å²) in [6.45, 7) is 0. The molecule has 0 saturated heterocycles. The summed E-state index contributed by atoms with van der Waals surface area (Å²) < 4.78 is 2.73. The van der Waals surface area contributed by atoms with Crippen molar-refractivity contribution < 1.29 is 0 Å². The van der Waals surface area contributed by atoms with Crippen LogP contribution in [0.25, 0.3) is 71.1 Å². The highest BCUT2D eigenvalue weighted by Gasteiger charge is 2.53. The van der Waals surface area contributed by atoms with Gasteiger partial charge in [0, 0.05) is 44.8 Å². The molecule has 5 aromatic carbocycles. The number of fused-ring (bicyclic) bond motifs is 16. The molecule has 9 aromatic rings. The van der Waals surface area contributed by atoms with E-state index in [2.05, 4.69) is 108 Å². The molecule has 8 bridgehead atoms. The van der Waals surface area contributed by atoms with Crippen molar-refractivity contribution in [3.63, 3.8) is 0 Å². The molecule has 3 heteroatoms. The van der Waals surface area contributed by atoms with Gasteiger partial charge in [0.2, 0.25) is 0 Å². The summed E-state index contributed by atoms with van der Waals surface area (Å²) in [4.78, 5) is 11.3. The quantitative estimate of drug-likeness (QED) is 0.154. The molecular weight excluding hydrogens is 727 g/mol. The van der Waals surface area contributed by atoms with E-state index in [1.807, 2.05) is 0 Å². The first-order valence-electron chi connectivity index (χ1n) is 23.5. The zero-order chi connectivity index (χ0) is 38.3. The van der Waals surface area contributed by atoms with E-state index >= 15 is 0 Å². The number of hydrogen-bond donors (Lipinski definition) is 0. The summed E-state index contributed by atoms with van der Waals surface area (Å²) in [5, 5.41) is 8.79. The van der Waals surface area contributed by atoms with E-state index in [-0.39, 0.29) is 0 Å². The number of hydrogen-bond acceptors (Lipinski definition) is 2. The van der Waals surface area contributed by atoms with E-state index in [0.29, 0.717) is 23.7 Å². The first kappa shape index (κ1) is 31.4. The third-order valence-electron chi connectivity index (χ3n) is 18.6. The molecule has 4 saturated carbocycles. The molecule has 4 unspecified atom stereocenters. The highest BCUT2D eigenvalue weighted by Crippen LogP contribution is 2.67. The maximum absolute atomic E-state index is 5.68. The molecule has 0 radical (unpaired) electrons. The van der Waals surface area contributed by atoms with Crippen LogP contribution in [0.1, 0.15) is 133 Å². The molecule has 10 aliphatic rings. The molecule has 10 aliphatic carbocycles. The topological polar surface area (TPSA) is 30.2 Å². The third kappa shape index (κ3) is 3.39. The van der Waals surface area contributed by atoms with E-state index in [4.69, 9.17) is 9.97 Å². The van der Waals surface area contributed by atoms with Crippen molar-refractivity contribution in [1.29, 1.82) is 0 Å². The van der Waals surface area contributed by atoms with Crippen LogP contribution in [-0.2, 0) is 5.41 Å². The highest BCUT2D eigenvalue weighted by molar-refractivity contribution is 6.29. The Balaban J connectivity index is 1.15. The van der Waals surface area contributed by atoms with Gasteiger partial charge >= 0.3 is 0 Å². The van der Waals surface area contributed by atoms with Crippen molar-refractivity contribution in [3.05, 3.63) is 148 Å². The van der Waals surface area contributed by atoms with Gasteiger partial charge in [-0.2, -0.15) is 0 Å². The lowest BCUT2D eigenvalue weighted by atomic mass is 9.60. The second kappa shape index (κ2) is 10.3. The zero-order valence-corrected chi connectivity index (χ0v) is 33.8. The van der Waals surface area contributed by atoms with Crippen molar-refractivity contribution >= 4 is 48.9 Å². The van der Waals surface area contributed by atoms with Gasteiger partial charge in [-0.05, 0) is 172 Å². The van der Waals surface area contributed by atoms with E-state index in [1.165, 1.54) is 169 Å². The minimum absolute atomic E-state index is 0.478. The van der Waals surface area contributed by atoms with Gasteiger partial charge < -0.3 is 4.40 Å². The predicted molar refractivity (Wildman–Crippen MR) is 242 cm³/mol. The lowest BCUT2D eigenvalue weighted by molar-refractivity contribution is 0.165. The van der Waals surface area contributed by atoms with E-state index in [9.17, 15) is 0 Å². The van der Waals surface area contributed by atoms with Crippen molar-refractivity contribution in [2.24, 2.45) is 23.7 Å². The molecule has 288 valence electrons. The van der Waals surface area contributed by atoms with Crippen LogP contribution in [0.3, 0.4) is 0 Å². The summed E-state index contributed by atoms with van der Waals surface area (Å²) in [7, 11) is 0. The van der Waals surface area contributed by atoms with Crippen LogP contribution in [0.5, 0.6) is 0 Å². The van der Waals surface area contributed by atoms with Crippen molar-refractivity contribution in [2.45, 2.75) is 93.3 Å². The molecule has 60 heavy (non-hydrogen) atoms. The van der Waals surface area contributed by atoms with Crippen LogP contribution in [0.2, 0.25) is 0 Å². The van der Waals surface area contributed by atoms with Gasteiger partial charge in [-0.1, -0.05) is 84.9 Å². The minimum Gasteiger partial charge on any atom is -0.305 e. The summed E-state index contributed by atoms with van der Waals surface area (Å²) in [5.41, 5.74) is 21.2. The van der Waals surface area contributed by atoms with Gasteiger partial charge in [0.05, 0.1) is 34.4 Å². The molecule has 4 heterocycles. The summed E-state index contributed by atoms with van der Waals surface area (Å²) in [5.74, 6) is 5.71. The fraction of sp³-hybridized carbons (Fsp3) is 0.333. The number of benzene rings is 5. The van der Waals surface area contributed by atoms with Gasteiger partial charge in [-0.3, -0.25) is 9.97 Å². The minimum atomic E-state index is -0.478. The van der Waals surface area contributed by atoms with E-state index < -0.39 is 5.41 Å². The number of rotatable bonds is 0. The normalized spacial score (nSPS) is 29.1. The second-order valence-electron chi connectivity index (χ2n) is 21.2. The van der Waals surface area contributed by atoms with Crippen LogP contribution in [0.4, 0.5) is 0 Å². The summed E-state index contributed by atoms with van der Waals surface area (Å²) in [6.07, 6.45) is 18.2. The highest BCUT2D eigenvalue weighted by atomic mass is 15.0. The lowest BCUT2D eigenvalue weighted by Gasteiger charge is -2.41. The monoisotopic (exact) mass is 771 g/mol. The summed E-state index contributed by atoms with van der Waals surface area (Å²) >= 11 is 0. The van der Waals surface area contributed by atoms with Gasteiger partial charge in [0.15, 0.2) is 0 Å². The first-order valence-corrected chi connectivity index (χ1v) is 23.5. The Morgan fingerprint density at radius 1 is 0.450 bits per heavy atom. The molecule has 1 spiro atoms. The van der Waals surface area contributed by atoms with Gasteiger partial charge in [-0.25, -0.2) is 0 Å². The number of nitrogens with zero attached hydrogens (tertiary/aromatic N) is 3. The fourth-order valence-corrected chi connectivity index (χ4v) is 17.2. The standard InChI is InChI=1S/C57H45N3/c1-3-12-42-37(9-1)38-10-2-4-13-43(38)57(42)44-14-6-8-32-7-5-11-39(47(32)44)40-25-41-50-45(26-58-54-35-21-28-15-29(22-35)18-33(17-28)48(50)54)60-46-27-59-55-36-23-30-16-31(24-36)20-34(19-30)49(55)51(46)52(53(40)57)56(41)60/h1-14,25-31,33-36H,15-24H2. The van der Waals surface area contributed by atoms with Crippen LogP contribution < -0.4 is 0 Å². The van der Waals surface area contributed by atoms with Crippen LogP contribution in [0.15, 0.2) is 103 Å². The van der Waals surface area contributed by atoms with Crippen LogP contribution in [-0.4, -0.2) is 14.4 Å². The second-order valence-corrected chi connectivity index (χ2v) is 21.2. The van der Waals surface area contributed by atoms with E-state index in [0.717, 1.165) is 23.7 Å². The van der Waals surface area contributed by atoms with Crippen molar-refractivity contribution in [1.82, 2.24) is 14.4 Å². The van der Waals surface area contributed by atoms with Gasteiger partial charge in [0.25, 0.3) is 0 Å². The maximum atomic E-state index is 5.68. The smallest absolute Gasteiger partial charge is 0.0732 e. The van der Waals surface area contributed by atoms with Crippen LogP contribution >= 0.6 is 0 Å². The third-order valence-corrected chi connectivity index (χ3v) is 18.6. The molecule has 4 atom stereocenters. The van der Waals surface area contributed by atoms with E-state index in [1.54, 1.807) is 11.1 Å². The zero-order valence-electron chi connectivity index (χ0n) is 33.8. The maximum Gasteiger partial charge on any atom is 0.0732 e. The molecule has 4 fully saturated rings. The Morgan fingerprint density at radius 2 is 0.967 bits per heavy atom. The van der Waals surface area contributed by atoms with Crippen molar-refractivity contribution in [3.8, 4) is 22.3 Å². The number of aromatic nitrogens is 3. The molecular formula is C57H45N3. The summed E-state index contributed by atoms with van der Waals surface area (Å²) in [6, 6.07) is 36.0. The van der Waals surface area contributed by atoms with Gasteiger partial charge in [-0.15, -0.1) is 0 Å². The van der Waals surface area contributed by atoms with Crippen LogP contribution in [0, 0.1) is 23.7 Å². The Hall–Kier alpha value is -5.54. The lowest BCUT2D eigenvalue weighted by Crippen LogP contribution is -2.32. The molecule has 4 aromatic heterocycles. The van der Waals surface area contributed by atoms with Gasteiger partial charge in [0.1, 0.15) is 0 Å². The predicted octanol–water partition coefficient (Wildman–Crippen LogP) is 13.9. The SMILES string of the molecule is c1ccc2c(c1)-c1ccccc1C21c2cccc3cccc(c23)-c2cc3c4c5c(ncc4n4c6cnc7c(c6c(c21)c34)C1CC2CC(CC7C2)C1)C1CC2CC(C1)CC5C2. The average Bonchev–Trinajstić information content (AvgIpc) is 3.80. The molecule has 0 aliphatic heterocycles. The largest absolute Gasteiger partial charge is 0.305 e. The molecule has 0 N–H and O–H groups in total. The Labute approximate surface area is 349 Å². The fourth-order valence-electron chi connectivity index (χ4n) is 17.2. The average molecular weight is 772 g/mol. The molecule has 0 amide bonds. The Bertz CT molecular complexity index is 3400. The first-order chi connectivity index (χ1) is 29.7. The van der Waals surface area contributed by atoms with Crippen molar-refractivity contribution in [2.75, 3.05) is 0 Å². The number of pyridine rings is 2.